The molecule has 0 saturated carbocycles. The highest BCUT2D eigenvalue weighted by atomic mass is 19.1. The Hall–Kier alpha value is -3.34. The Kier molecular flexibility index (Phi) is 5.71. The Morgan fingerprint density at radius 1 is 0.778 bits per heavy atom. The van der Waals surface area contributed by atoms with Gasteiger partial charge < -0.3 is 14.8 Å². The van der Waals surface area contributed by atoms with Crippen LogP contribution in [0.3, 0.4) is 0 Å². The number of methoxy groups -OCH3 is 2. The van der Waals surface area contributed by atoms with Crippen LogP contribution in [0.2, 0.25) is 0 Å². The molecule has 0 atom stereocenters. The smallest absolute Gasteiger partial charge is 0.252 e. The molecular formula is C22H20FNO3. The number of carbonyl (C=O) groups is 1. The zero-order valence-corrected chi connectivity index (χ0v) is 15.1. The molecule has 0 fully saturated rings. The van der Waals surface area contributed by atoms with Crippen LogP contribution in [-0.2, 0) is 0 Å². The van der Waals surface area contributed by atoms with E-state index in [2.05, 4.69) is 5.32 Å². The summed E-state index contributed by atoms with van der Waals surface area (Å²) in [5, 5.41) is 3.02. The van der Waals surface area contributed by atoms with Crippen molar-refractivity contribution in [3.05, 3.63) is 95.3 Å². The van der Waals surface area contributed by atoms with Crippen molar-refractivity contribution >= 4 is 5.91 Å². The van der Waals surface area contributed by atoms with E-state index in [1.807, 2.05) is 48.5 Å². The normalized spacial score (nSPS) is 10.5. The van der Waals surface area contributed by atoms with Crippen molar-refractivity contribution in [2.45, 2.75) is 6.04 Å². The van der Waals surface area contributed by atoms with E-state index in [9.17, 15) is 9.18 Å². The minimum atomic E-state index is -0.381. The first kappa shape index (κ1) is 18.5. The number of halogens is 1. The fourth-order valence-corrected chi connectivity index (χ4v) is 2.77. The molecule has 3 aromatic rings. The molecule has 0 saturated heterocycles. The van der Waals surface area contributed by atoms with Gasteiger partial charge in [-0.2, -0.15) is 0 Å². The lowest BCUT2D eigenvalue weighted by atomic mass is 9.98. The van der Waals surface area contributed by atoms with Crippen molar-refractivity contribution in [3.63, 3.8) is 0 Å². The SMILES string of the molecule is COc1ccc(C(NC(=O)c2ccc(F)cc2)c2ccc(OC)cc2)cc1. The third-order valence-corrected chi connectivity index (χ3v) is 4.28. The van der Waals surface area contributed by atoms with Gasteiger partial charge in [-0.25, -0.2) is 4.39 Å². The lowest BCUT2D eigenvalue weighted by Crippen LogP contribution is -2.29. The summed E-state index contributed by atoms with van der Waals surface area (Å²) < 4.78 is 23.5. The second-order valence-electron chi connectivity index (χ2n) is 5.96. The van der Waals surface area contributed by atoms with Crippen molar-refractivity contribution in [2.75, 3.05) is 14.2 Å². The molecule has 0 unspecified atom stereocenters. The van der Waals surface area contributed by atoms with E-state index < -0.39 is 0 Å². The van der Waals surface area contributed by atoms with Crippen LogP contribution in [0.5, 0.6) is 11.5 Å². The number of benzene rings is 3. The predicted molar refractivity (Wildman–Crippen MR) is 102 cm³/mol. The molecule has 0 radical (unpaired) electrons. The summed E-state index contributed by atoms with van der Waals surface area (Å²) in [5.41, 5.74) is 2.19. The Morgan fingerprint density at radius 3 is 1.63 bits per heavy atom. The lowest BCUT2D eigenvalue weighted by molar-refractivity contribution is 0.0943. The van der Waals surface area contributed by atoms with Crippen molar-refractivity contribution < 1.29 is 18.7 Å². The molecule has 27 heavy (non-hydrogen) atoms. The minimum Gasteiger partial charge on any atom is -0.497 e. The van der Waals surface area contributed by atoms with Crippen molar-refractivity contribution in [3.8, 4) is 11.5 Å². The largest absolute Gasteiger partial charge is 0.497 e. The van der Waals surface area contributed by atoms with Gasteiger partial charge in [0.15, 0.2) is 0 Å². The van der Waals surface area contributed by atoms with E-state index in [1.54, 1.807) is 14.2 Å². The molecule has 0 heterocycles. The first-order valence-corrected chi connectivity index (χ1v) is 8.45. The maximum atomic E-state index is 13.1. The molecule has 0 aromatic heterocycles. The van der Waals surface area contributed by atoms with Crippen LogP contribution in [0.4, 0.5) is 4.39 Å². The molecule has 0 aliphatic rings. The highest BCUT2D eigenvalue weighted by Crippen LogP contribution is 2.26. The number of ether oxygens (including phenoxy) is 2. The number of amides is 1. The molecule has 1 N–H and O–H groups in total. The first-order chi connectivity index (χ1) is 13.1. The number of carbonyl (C=O) groups excluding carboxylic acids is 1. The Balaban J connectivity index is 1.92. The van der Waals surface area contributed by atoms with Gasteiger partial charge in [0.25, 0.3) is 5.91 Å². The van der Waals surface area contributed by atoms with E-state index in [-0.39, 0.29) is 17.8 Å². The zero-order valence-electron chi connectivity index (χ0n) is 15.1. The molecular weight excluding hydrogens is 345 g/mol. The topological polar surface area (TPSA) is 47.6 Å². The summed E-state index contributed by atoms with van der Waals surface area (Å²) in [4.78, 5) is 12.7. The number of rotatable bonds is 6. The Labute approximate surface area is 157 Å². The highest BCUT2D eigenvalue weighted by Gasteiger charge is 2.18. The van der Waals surface area contributed by atoms with E-state index >= 15 is 0 Å². The molecule has 5 heteroatoms. The third-order valence-electron chi connectivity index (χ3n) is 4.28. The lowest BCUT2D eigenvalue weighted by Gasteiger charge is -2.20. The van der Waals surface area contributed by atoms with Crippen LogP contribution >= 0.6 is 0 Å². The van der Waals surface area contributed by atoms with Gasteiger partial charge in [0.05, 0.1) is 20.3 Å². The summed E-state index contributed by atoms with van der Waals surface area (Å²) in [5.74, 6) is 0.800. The predicted octanol–water partition coefficient (Wildman–Crippen LogP) is 4.36. The van der Waals surface area contributed by atoms with Gasteiger partial charge in [0, 0.05) is 5.56 Å². The number of hydrogen-bond acceptors (Lipinski definition) is 3. The second kappa shape index (κ2) is 8.36. The highest BCUT2D eigenvalue weighted by molar-refractivity contribution is 5.94. The summed E-state index contributed by atoms with van der Waals surface area (Å²) in [6, 6.07) is 20.1. The first-order valence-electron chi connectivity index (χ1n) is 8.45. The van der Waals surface area contributed by atoms with Gasteiger partial charge >= 0.3 is 0 Å². The van der Waals surface area contributed by atoms with Gasteiger partial charge in [0.1, 0.15) is 17.3 Å². The van der Waals surface area contributed by atoms with Crippen LogP contribution in [-0.4, -0.2) is 20.1 Å². The van der Waals surface area contributed by atoms with Gasteiger partial charge in [-0.05, 0) is 59.7 Å². The fraction of sp³-hybridized carbons (Fsp3) is 0.136. The average Bonchev–Trinajstić information content (AvgIpc) is 2.72. The quantitative estimate of drug-likeness (QED) is 0.706. The van der Waals surface area contributed by atoms with Gasteiger partial charge in [0.2, 0.25) is 0 Å². The van der Waals surface area contributed by atoms with Crippen LogP contribution < -0.4 is 14.8 Å². The molecule has 3 rings (SSSR count). The van der Waals surface area contributed by atoms with Crippen LogP contribution in [0, 0.1) is 5.82 Å². The van der Waals surface area contributed by atoms with Crippen LogP contribution in [0.25, 0.3) is 0 Å². The maximum absolute atomic E-state index is 13.1. The Morgan fingerprint density at radius 2 is 1.22 bits per heavy atom. The summed E-state index contributed by atoms with van der Waals surface area (Å²) in [7, 11) is 3.21. The average molecular weight is 365 g/mol. The molecule has 1 amide bonds. The van der Waals surface area contributed by atoms with Crippen molar-refractivity contribution in [1.82, 2.24) is 5.32 Å². The monoisotopic (exact) mass is 365 g/mol. The molecule has 138 valence electrons. The van der Waals surface area contributed by atoms with Crippen LogP contribution in [0.1, 0.15) is 27.5 Å². The van der Waals surface area contributed by atoms with Gasteiger partial charge in [-0.3, -0.25) is 4.79 Å². The zero-order chi connectivity index (χ0) is 19.2. The van der Waals surface area contributed by atoms with E-state index in [0.29, 0.717) is 5.56 Å². The molecule has 0 aliphatic carbocycles. The van der Waals surface area contributed by atoms with Crippen LogP contribution in [0.15, 0.2) is 72.8 Å². The summed E-state index contributed by atoms with van der Waals surface area (Å²) in [6.07, 6.45) is 0. The van der Waals surface area contributed by atoms with Gasteiger partial charge in [-0.15, -0.1) is 0 Å². The van der Waals surface area contributed by atoms with E-state index in [4.69, 9.17) is 9.47 Å². The third kappa shape index (κ3) is 4.44. The number of nitrogens with one attached hydrogen (secondary N) is 1. The minimum absolute atomic E-state index is 0.286. The fourth-order valence-electron chi connectivity index (χ4n) is 2.77. The number of hydrogen-bond donors (Lipinski definition) is 1. The van der Waals surface area contributed by atoms with Crippen molar-refractivity contribution in [1.29, 1.82) is 0 Å². The Bertz CT molecular complexity index is 843. The molecule has 0 aliphatic heterocycles. The van der Waals surface area contributed by atoms with Crippen molar-refractivity contribution in [2.24, 2.45) is 0 Å². The van der Waals surface area contributed by atoms with E-state index in [1.165, 1.54) is 24.3 Å². The summed E-state index contributed by atoms with van der Waals surface area (Å²) >= 11 is 0. The molecule has 0 spiro atoms. The van der Waals surface area contributed by atoms with Gasteiger partial charge in [-0.1, -0.05) is 24.3 Å². The maximum Gasteiger partial charge on any atom is 0.252 e. The second-order valence-corrected chi connectivity index (χ2v) is 5.96. The van der Waals surface area contributed by atoms with E-state index in [0.717, 1.165) is 22.6 Å². The molecule has 4 nitrogen and oxygen atoms in total. The standard InChI is InChI=1S/C22H20FNO3/c1-26-19-11-5-15(6-12-19)21(16-7-13-20(27-2)14-8-16)24-22(25)17-3-9-18(23)10-4-17/h3-14,21H,1-2H3,(H,24,25). The molecule has 3 aromatic carbocycles. The summed E-state index contributed by atoms with van der Waals surface area (Å²) in [6.45, 7) is 0. The molecule has 0 bridgehead atoms.